The molecule has 10 heteroatoms. The minimum atomic E-state index is -0.703. The monoisotopic (exact) mass is 544 g/mol. The predicted octanol–water partition coefficient (Wildman–Crippen LogP) is 5.59. The van der Waals surface area contributed by atoms with Crippen LogP contribution in [0.1, 0.15) is 63.3 Å². The molecule has 5 rings (SSSR count). The molecule has 0 amide bonds. The number of carboxylic acid groups (broad SMARTS) is 1. The third-order valence-electron chi connectivity index (χ3n) is 8.06. The Morgan fingerprint density at radius 3 is 2.78 bits per heavy atom. The Morgan fingerprint density at radius 2 is 2.05 bits per heavy atom. The number of aryl methyl sites for hydroxylation is 1. The van der Waals surface area contributed by atoms with Gasteiger partial charge in [0.25, 0.3) is 0 Å². The summed E-state index contributed by atoms with van der Waals surface area (Å²) in [5.41, 5.74) is 3.30. The molecule has 1 N–H and O–H groups in total. The lowest BCUT2D eigenvalue weighted by Gasteiger charge is -2.43. The highest BCUT2D eigenvalue weighted by Gasteiger charge is 2.37. The molecule has 2 aliphatic heterocycles. The predicted molar refractivity (Wildman–Crippen MR) is 147 cm³/mol. The first kappa shape index (κ1) is 26.2. The van der Waals surface area contributed by atoms with Gasteiger partial charge in [0, 0.05) is 41.6 Å². The summed E-state index contributed by atoms with van der Waals surface area (Å²) >= 11 is 12.6. The van der Waals surface area contributed by atoms with Gasteiger partial charge in [-0.25, -0.2) is 14.6 Å². The maximum absolute atomic E-state index is 11.1. The fraction of sp³-hybridized carbons (Fsp3) is 0.556. The lowest BCUT2D eigenvalue weighted by Crippen LogP contribution is -2.52. The van der Waals surface area contributed by atoms with Gasteiger partial charge in [-0.3, -0.25) is 9.69 Å². The van der Waals surface area contributed by atoms with E-state index in [1.54, 1.807) is 6.07 Å². The van der Waals surface area contributed by atoms with Crippen LogP contribution in [-0.2, 0) is 4.79 Å². The second-order valence-electron chi connectivity index (χ2n) is 10.5. The van der Waals surface area contributed by atoms with E-state index in [1.807, 2.05) is 29.9 Å². The van der Waals surface area contributed by atoms with Crippen LogP contribution in [0, 0.1) is 12.8 Å². The van der Waals surface area contributed by atoms with Crippen molar-refractivity contribution in [3.05, 3.63) is 45.7 Å². The minimum absolute atomic E-state index is 0.131. The number of aliphatic carboxylic acids is 1. The van der Waals surface area contributed by atoms with Crippen molar-refractivity contribution in [3.63, 3.8) is 0 Å². The lowest BCUT2D eigenvalue weighted by atomic mass is 9.91. The number of fused-ring (bicyclic) bond motifs is 1. The van der Waals surface area contributed by atoms with Crippen molar-refractivity contribution in [1.82, 2.24) is 24.6 Å². The smallest absolute Gasteiger partial charge is 0.303 e. The number of piperidine rings is 1. The molecular weight excluding hydrogens is 511 g/mol. The van der Waals surface area contributed by atoms with Gasteiger partial charge in [-0.15, -0.1) is 0 Å². The zero-order valence-corrected chi connectivity index (χ0v) is 23.1. The van der Waals surface area contributed by atoms with Crippen LogP contribution >= 0.6 is 23.2 Å². The van der Waals surface area contributed by atoms with Crippen LogP contribution in [0.25, 0.3) is 11.2 Å². The number of halogens is 2. The number of aromatic nitrogens is 4. The Labute approximate surface area is 227 Å². The van der Waals surface area contributed by atoms with Crippen LogP contribution in [0.15, 0.2) is 24.4 Å². The van der Waals surface area contributed by atoms with E-state index in [9.17, 15) is 4.79 Å². The quantitative estimate of drug-likeness (QED) is 0.414. The number of carbonyl (C=O) groups is 1. The SMILES string of the molecule is Cc1nn(C(C)c2ccc(Cl)cc2Cl)c2nc(N3CC[C@H](N4CCC[C@H]4CCC(=O)O)[C@H](C)C3)cnc12. The fourth-order valence-corrected chi connectivity index (χ4v) is 6.73. The average Bonchev–Trinajstić information content (AvgIpc) is 3.46. The summed E-state index contributed by atoms with van der Waals surface area (Å²) in [4.78, 5) is 25.8. The molecule has 0 spiro atoms. The van der Waals surface area contributed by atoms with Crippen LogP contribution in [0.4, 0.5) is 5.82 Å². The second kappa shape index (κ2) is 10.8. The van der Waals surface area contributed by atoms with Crippen molar-refractivity contribution >= 4 is 46.2 Å². The number of hydrogen-bond acceptors (Lipinski definition) is 6. The van der Waals surface area contributed by atoms with Crippen molar-refractivity contribution in [1.29, 1.82) is 0 Å². The van der Waals surface area contributed by atoms with Crippen LogP contribution in [0.2, 0.25) is 10.0 Å². The standard InChI is InChI=1S/C27H34Cl2N6O2/c1-16-15-33(12-10-23(16)34-11-4-5-20(34)7-9-25(36)37)24-14-30-26-17(2)32-35(27(26)31-24)18(3)21-8-6-19(28)13-22(21)29/h6,8,13-14,16,18,20,23H,4-5,7,9-12,15H2,1-3H3,(H,36,37)/t16-,18?,20+,23+/m1/s1. The molecule has 37 heavy (non-hydrogen) atoms. The number of rotatable bonds is 7. The average molecular weight is 546 g/mol. The zero-order chi connectivity index (χ0) is 26.3. The van der Waals surface area contributed by atoms with Gasteiger partial charge in [0.2, 0.25) is 0 Å². The van der Waals surface area contributed by atoms with E-state index < -0.39 is 5.97 Å². The molecule has 0 bridgehead atoms. The molecule has 0 aliphatic carbocycles. The van der Waals surface area contributed by atoms with E-state index >= 15 is 0 Å². The fourth-order valence-electron chi connectivity index (χ4n) is 6.16. The molecule has 0 saturated carbocycles. The van der Waals surface area contributed by atoms with Crippen LogP contribution in [0.3, 0.4) is 0 Å². The van der Waals surface area contributed by atoms with Crippen molar-refractivity contribution in [2.24, 2.45) is 5.92 Å². The van der Waals surface area contributed by atoms with Gasteiger partial charge in [-0.2, -0.15) is 5.10 Å². The van der Waals surface area contributed by atoms with Gasteiger partial charge in [0.15, 0.2) is 5.65 Å². The number of anilines is 1. The van der Waals surface area contributed by atoms with Gasteiger partial charge in [0.05, 0.1) is 17.9 Å². The number of hydrogen-bond donors (Lipinski definition) is 1. The molecule has 0 radical (unpaired) electrons. The molecule has 8 nitrogen and oxygen atoms in total. The van der Waals surface area contributed by atoms with Crippen molar-refractivity contribution in [2.45, 2.75) is 71.0 Å². The first-order valence-electron chi connectivity index (χ1n) is 13.1. The van der Waals surface area contributed by atoms with E-state index in [-0.39, 0.29) is 12.5 Å². The van der Waals surface area contributed by atoms with Gasteiger partial charge in [0.1, 0.15) is 11.3 Å². The molecule has 1 unspecified atom stereocenters. The number of nitrogens with zero attached hydrogens (tertiary/aromatic N) is 6. The largest absolute Gasteiger partial charge is 0.481 e. The van der Waals surface area contributed by atoms with Gasteiger partial charge in [-0.05, 0) is 69.7 Å². The van der Waals surface area contributed by atoms with Crippen molar-refractivity contribution in [3.8, 4) is 0 Å². The molecule has 2 fully saturated rings. The van der Waals surface area contributed by atoms with E-state index in [2.05, 4.69) is 23.6 Å². The molecule has 2 aliphatic rings. The number of benzene rings is 1. The van der Waals surface area contributed by atoms with Crippen molar-refractivity contribution in [2.75, 3.05) is 24.5 Å². The van der Waals surface area contributed by atoms with Gasteiger partial charge >= 0.3 is 5.97 Å². The highest BCUT2D eigenvalue weighted by Crippen LogP contribution is 2.34. The van der Waals surface area contributed by atoms with Crippen LogP contribution in [-0.4, -0.2) is 67.4 Å². The number of carboxylic acids is 1. The molecule has 3 aromatic rings. The van der Waals surface area contributed by atoms with Crippen LogP contribution < -0.4 is 4.90 Å². The first-order valence-corrected chi connectivity index (χ1v) is 13.9. The Hall–Kier alpha value is -2.42. The Kier molecular flexibility index (Phi) is 7.61. The normalized spacial score (nSPS) is 23.6. The van der Waals surface area contributed by atoms with Gasteiger partial charge < -0.3 is 10.0 Å². The van der Waals surface area contributed by atoms with E-state index in [0.29, 0.717) is 28.0 Å². The molecule has 1 aromatic carbocycles. The summed E-state index contributed by atoms with van der Waals surface area (Å²) < 4.78 is 1.91. The van der Waals surface area contributed by atoms with E-state index in [1.165, 1.54) is 0 Å². The maximum Gasteiger partial charge on any atom is 0.303 e. The summed E-state index contributed by atoms with van der Waals surface area (Å²) in [5.74, 6) is 0.595. The first-order chi connectivity index (χ1) is 17.7. The minimum Gasteiger partial charge on any atom is -0.481 e. The summed E-state index contributed by atoms with van der Waals surface area (Å²) in [6, 6.07) is 6.24. The Bertz CT molecular complexity index is 1300. The van der Waals surface area contributed by atoms with Crippen molar-refractivity contribution < 1.29 is 9.90 Å². The second-order valence-corrected chi connectivity index (χ2v) is 11.4. The lowest BCUT2D eigenvalue weighted by molar-refractivity contribution is -0.137. The molecular formula is C27H34Cl2N6O2. The highest BCUT2D eigenvalue weighted by molar-refractivity contribution is 6.35. The van der Waals surface area contributed by atoms with E-state index in [0.717, 1.165) is 73.6 Å². The Balaban J connectivity index is 1.36. The summed E-state index contributed by atoms with van der Waals surface area (Å²) in [6.07, 6.45) is 6.12. The molecule has 2 saturated heterocycles. The Morgan fingerprint density at radius 1 is 1.24 bits per heavy atom. The number of likely N-dealkylation sites (tertiary alicyclic amines) is 1. The maximum atomic E-state index is 11.1. The summed E-state index contributed by atoms with van der Waals surface area (Å²) in [6.45, 7) is 9.15. The highest BCUT2D eigenvalue weighted by atomic mass is 35.5. The third kappa shape index (κ3) is 5.29. The third-order valence-corrected chi connectivity index (χ3v) is 8.62. The molecule has 4 atom stereocenters. The van der Waals surface area contributed by atoms with Gasteiger partial charge in [-0.1, -0.05) is 36.2 Å². The topological polar surface area (TPSA) is 87.4 Å². The molecule has 2 aromatic heterocycles. The molecule has 4 heterocycles. The summed E-state index contributed by atoms with van der Waals surface area (Å²) in [5, 5.41) is 15.1. The zero-order valence-electron chi connectivity index (χ0n) is 21.6. The van der Waals surface area contributed by atoms with E-state index in [4.69, 9.17) is 43.4 Å². The molecule has 198 valence electrons. The van der Waals surface area contributed by atoms with Crippen LogP contribution in [0.5, 0.6) is 0 Å². The summed E-state index contributed by atoms with van der Waals surface area (Å²) in [7, 11) is 0.